The van der Waals surface area contributed by atoms with Crippen LogP contribution in [-0.4, -0.2) is 65.1 Å². The predicted octanol–water partition coefficient (Wildman–Crippen LogP) is 5.92. The molecule has 1 fully saturated rings. The van der Waals surface area contributed by atoms with Crippen LogP contribution in [0.2, 0.25) is 0 Å². The summed E-state index contributed by atoms with van der Waals surface area (Å²) in [7, 11) is -2.49. The van der Waals surface area contributed by atoms with E-state index in [4.69, 9.17) is 4.74 Å². The molecule has 1 aliphatic rings. The molecular weight excluding hydrogens is 566 g/mol. The number of thiophene rings is 1. The lowest BCUT2D eigenvalue weighted by atomic mass is 10.0. The van der Waals surface area contributed by atoms with E-state index in [1.54, 1.807) is 12.1 Å². The van der Waals surface area contributed by atoms with Gasteiger partial charge in [-0.15, -0.1) is 11.3 Å². The van der Waals surface area contributed by atoms with E-state index in [-0.39, 0.29) is 29.6 Å². The van der Waals surface area contributed by atoms with Crippen molar-refractivity contribution in [3.05, 3.63) is 46.6 Å². The molecular formula is C28H31F4N3O3S2. The van der Waals surface area contributed by atoms with E-state index in [0.29, 0.717) is 10.3 Å². The van der Waals surface area contributed by atoms with E-state index in [9.17, 15) is 26.0 Å². The number of likely N-dealkylation sites (tertiary alicyclic amines) is 1. The average molecular weight is 598 g/mol. The molecule has 1 aromatic heterocycles. The van der Waals surface area contributed by atoms with Gasteiger partial charge in [0.25, 0.3) is 0 Å². The molecule has 0 aliphatic carbocycles. The van der Waals surface area contributed by atoms with Gasteiger partial charge in [-0.1, -0.05) is 30.9 Å². The Labute approximate surface area is 235 Å². The number of rotatable bonds is 8. The molecule has 0 bridgehead atoms. The van der Waals surface area contributed by atoms with E-state index < -0.39 is 33.1 Å². The van der Waals surface area contributed by atoms with Crippen molar-refractivity contribution >= 4 is 42.6 Å². The molecule has 0 unspecified atom stereocenters. The summed E-state index contributed by atoms with van der Waals surface area (Å²) in [6, 6.07) is 7.66. The highest BCUT2D eigenvalue weighted by Gasteiger charge is 2.31. The third-order valence-electron chi connectivity index (χ3n) is 6.81. The predicted molar refractivity (Wildman–Crippen MR) is 152 cm³/mol. The molecule has 0 spiro atoms. The maximum absolute atomic E-state index is 14.4. The minimum absolute atomic E-state index is 0.0329. The summed E-state index contributed by atoms with van der Waals surface area (Å²) in [5.41, 5.74) is 1.11. The average Bonchev–Trinajstić information content (AvgIpc) is 3.23. The van der Waals surface area contributed by atoms with Crippen molar-refractivity contribution in [2.24, 2.45) is 0 Å². The molecule has 0 amide bonds. The first-order valence-corrected chi connectivity index (χ1v) is 15.5. The number of methoxy groups -OCH3 is 1. The number of nitrogens with zero attached hydrogens (tertiary/aromatic N) is 1. The Hall–Kier alpha value is -3.01. The number of fused-ring (bicyclic) bond motifs is 1. The van der Waals surface area contributed by atoms with Gasteiger partial charge in [0.1, 0.15) is 16.5 Å². The van der Waals surface area contributed by atoms with Crippen molar-refractivity contribution < 1.29 is 30.7 Å². The van der Waals surface area contributed by atoms with Crippen LogP contribution in [0, 0.1) is 17.7 Å². The standard InChI is InChI=1S/C28H31F4N3O3S2/c1-4-35-13-10-18(11-14-35)34-22-8-5-7-19-20(17-28(30,31)32)25(39-27(19)22)9-6-12-33-23-15-21(29)26(40(3,36)37)16-24(23)38-2/h5,7-8,15-16,18,33-34H,4,10-14,17H2,1-3H3. The van der Waals surface area contributed by atoms with Crippen LogP contribution >= 0.6 is 11.3 Å². The largest absolute Gasteiger partial charge is 0.495 e. The Bertz CT molecular complexity index is 1530. The van der Waals surface area contributed by atoms with E-state index in [1.165, 1.54) is 18.4 Å². The van der Waals surface area contributed by atoms with Crippen molar-refractivity contribution in [2.75, 3.05) is 50.2 Å². The molecule has 2 aromatic carbocycles. The van der Waals surface area contributed by atoms with Gasteiger partial charge in [-0.2, -0.15) is 13.2 Å². The van der Waals surface area contributed by atoms with Crippen LogP contribution in [0.3, 0.4) is 0 Å². The van der Waals surface area contributed by atoms with E-state index in [0.717, 1.165) is 61.3 Å². The van der Waals surface area contributed by atoms with Gasteiger partial charge in [0.05, 0.1) is 41.0 Å². The zero-order valence-corrected chi connectivity index (χ0v) is 24.0. The lowest BCUT2D eigenvalue weighted by molar-refractivity contribution is -0.126. The number of ether oxygens (including phenoxy) is 1. The van der Waals surface area contributed by atoms with Crippen LogP contribution in [0.5, 0.6) is 5.75 Å². The van der Waals surface area contributed by atoms with Gasteiger partial charge in [0.15, 0.2) is 9.84 Å². The summed E-state index contributed by atoms with van der Waals surface area (Å²) >= 11 is 1.22. The SMILES string of the molecule is CCN1CCC(Nc2cccc3c(CC(F)(F)F)c(C#CCNc4cc(F)c(S(C)(=O)=O)cc4OC)sc23)CC1. The molecule has 12 heteroatoms. The van der Waals surface area contributed by atoms with Crippen molar-refractivity contribution in [2.45, 2.75) is 43.3 Å². The summed E-state index contributed by atoms with van der Waals surface area (Å²) in [4.78, 5) is 2.19. The number of alkyl halides is 3. The van der Waals surface area contributed by atoms with Gasteiger partial charge < -0.3 is 20.3 Å². The second-order valence-corrected chi connectivity index (χ2v) is 12.7. The number of sulfone groups is 1. The lowest BCUT2D eigenvalue weighted by Gasteiger charge is -2.32. The van der Waals surface area contributed by atoms with Crippen molar-refractivity contribution in [3.63, 3.8) is 0 Å². The number of hydrogen-bond donors (Lipinski definition) is 2. The van der Waals surface area contributed by atoms with E-state index in [2.05, 4.69) is 34.3 Å². The van der Waals surface area contributed by atoms with Gasteiger partial charge in [-0.05, 0) is 36.4 Å². The Morgan fingerprint density at radius 1 is 1.18 bits per heavy atom. The first kappa shape index (κ1) is 30.0. The Morgan fingerprint density at radius 2 is 1.90 bits per heavy atom. The molecule has 1 saturated heterocycles. The fourth-order valence-corrected chi connectivity index (χ4v) is 6.67. The summed E-state index contributed by atoms with van der Waals surface area (Å²) < 4.78 is 84.5. The van der Waals surface area contributed by atoms with Crippen LogP contribution < -0.4 is 15.4 Å². The summed E-state index contributed by atoms with van der Waals surface area (Å²) in [6.07, 6.45) is -2.71. The highest BCUT2D eigenvalue weighted by Crippen LogP contribution is 2.39. The summed E-state index contributed by atoms with van der Waals surface area (Å²) in [5.74, 6) is 4.85. The number of halogens is 4. The van der Waals surface area contributed by atoms with Crippen LogP contribution in [0.4, 0.5) is 28.9 Å². The van der Waals surface area contributed by atoms with Gasteiger partial charge in [0, 0.05) is 37.5 Å². The Kier molecular flexibility index (Phi) is 9.17. The minimum Gasteiger partial charge on any atom is -0.495 e. The molecule has 4 rings (SSSR count). The first-order chi connectivity index (χ1) is 18.9. The normalized spacial score (nSPS) is 15.1. The molecule has 2 heterocycles. The monoisotopic (exact) mass is 597 g/mol. The molecule has 40 heavy (non-hydrogen) atoms. The highest BCUT2D eigenvalue weighted by molar-refractivity contribution is 7.90. The molecule has 216 valence electrons. The second-order valence-electron chi connectivity index (χ2n) is 9.65. The Morgan fingerprint density at radius 3 is 2.52 bits per heavy atom. The molecule has 0 atom stereocenters. The van der Waals surface area contributed by atoms with E-state index >= 15 is 0 Å². The van der Waals surface area contributed by atoms with Crippen LogP contribution in [0.15, 0.2) is 35.2 Å². The first-order valence-electron chi connectivity index (χ1n) is 12.8. The molecule has 2 N–H and O–H groups in total. The third-order valence-corrected chi connectivity index (χ3v) is 9.12. The van der Waals surface area contributed by atoms with Crippen molar-refractivity contribution in [1.29, 1.82) is 0 Å². The number of benzene rings is 2. The molecule has 6 nitrogen and oxygen atoms in total. The number of anilines is 2. The molecule has 1 aliphatic heterocycles. The lowest BCUT2D eigenvalue weighted by Crippen LogP contribution is -2.38. The van der Waals surface area contributed by atoms with E-state index in [1.807, 2.05) is 6.07 Å². The maximum Gasteiger partial charge on any atom is 0.393 e. The Balaban J connectivity index is 1.60. The second kappa shape index (κ2) is 12.2. The number of hydrogen-bond acceptors (Lipinski definition) is 7. The molecule has 3 aromatic rings. The van der Waals surface area contributed by atoms with Gasteiger partial charge in [-0.25, -0.2) is 12.8 Å². The van der Waals surface area contributed by atoms with Crippen LogP contribution in [-0.2, 0) is 16.3 Å². The zero-order valence-electron chi connectivity index (χ0n) is 22.4. The molecule has 0 radical (unpaired) electrons. The smallest absolute Gasteiger partial charge is 0.393 e. The fraction of sp³-hybridized carbons (Fsp3) is 0.429. The zero-order chi connectivity index (χ0) is 29.1. The summed E-state index contributed by atoms with van der Waals surface area (Å²) in [6.45, 7) is 5.05. The third kappa shape index (κ3) is 7.19. The summed E-state index contributed by atoms with van der Waals surface area (Å²) in [5, 5.41) is 6.93. The quantitative estimate of drug-likeness (QED) is 0.248. The van der Waals surface area contributed by atoms with Gasteiger partial charge in [-0.3, -0.25) is 0 Å². The number of nitrogens with one attached hydrogen (secondary N) is 2. The minimum atomic E-state index is -4.41. The molecule has 0 saturated carbocycles. The van der Waals surface area contributed by atoms with Gasteiger partial charge >= 0.3 is 6.18 Å². The van der Waals surface area contributed by atoms with Crippen LogP contribution in [0.25, 0.3) is 10.1 Å². The maximum atomic E-state index is 14.4. The number of piperidine rings is 1. The van der Waals surface area contributed by atoms with Crippen molar-refractivity contribution in [3.8, 4) is 17.6 Å². The topological polar surface area (TPSA) is 70.7 Å². The fourth-order valence-electron chi connectivity index (χ4n) is 4.76. The van der Waals surface area contributed by atoms with Crippen molar-refractivity contribution in [1.82, 2.24) is 4.90 Å². The van der Waals surface area contributed by atoms with Crippen LogP contribution in [0.1, 0.15) is 30.2 Å². The van der Waals surface area contributed by atoms with Gasteiger partial charge in [0.2, 0.25) is 0 Å². The highest BCUT2D eigenvalue weighted by atomic mass is 32.2.